The smallest absolute Gasteiger partial charge is 0.129 e. The van der Waals surface area contributed by atoms with Gasteiger partial charge in [-0.3, -0.25) is 0 Å². The topological polar surface area (TPSA) is 25.8 Å². The third-order valence-electron chi connectivity index (χ3n) is 2.03. The van der Waals surface area contributed by atoms with Crippen LogP contribution in [0.4, 0.5) is 0 Å². The highest BCUT2D eigenvalue weighted by Gasteiger charge is 2.03. The predicted molar refractivity (Wildman–Crippen MR) is 59.9 cm³/mol. The third kappa shape index (κ3) is 1.82. The maximum atomic E-state index is 4.06. The van der Waals surface area contributed by atoms with E-state index in [2.05, 4.69) is 38.3 Å². The molecule has 2 aromatic rings. The summed E-state index contributed by atoms with van der Waals surface area (Å²) in [6.45, 7) is 1.96. The zero-order valence-corrected chi connectivity index (χ0v) is 9.32. The van der Waals surface area contributed by atoms with Crippen molar-refractivity contribution in [3.8, 4) is 11.1 Å². The Labute approximate surface area is 91.1 Å². The van der Waals surface area contributed by atoms with E-state index in [0.29, 0.717) is 0 Å². The summed E-state index contributed by atoms with van der Waals surface area (Å²) < 4.78 is 0.766. The molecule has 0 aliphatic heterocycles. The van der Waals surface area contributed by atoms with E-state index >= 15 is 0 Å². The molecular formula is C11H9BrN2. The fourth-order valence-electron chi connectivity index (χ4n) is 1.34. The van der Waals surface area contributed by atoms with Gasteiger partial charge in [0, 0.05) is 5.56 Å². The second-order valence-electron chi connectivity index (χ2n) is 3.03. The van der Waals surface area contributed by atoms with Gasteiger partial charge >= 0.3 is 0 Å². The molecule has 0 aliphatic rings. The van der Waals surface area contributed by atoms with Gasteiger partial charge in [-0.1, -0.05) is 30.3 Å². The van der Waals surface area contributed by atoms with Crippen molar-refractivity contribution in [3.05, 3.63) is 46.7 Å². The Morgan fingerprint density at radius 3 is 2.50 bits per heavy atom. The molecule has 1 aromatic carbocycles. The lowest BCUT2D eigenvalue weighted by Crippen LogP contribution is -1.91. The maximum absolute atomic E-state index is 4.06. The number of benzene rings is 1. The Bertz CT molecular complexity index is 440. The lowest BCUT2D eigenvalue weighted by atomic mass is 10.1. The number of aromatic nitrogens is 2. The normalized spacial score (nSPS) is 10.1. The van der Waals surface area contributed by atoms with Gasteiger partial charge in [-0.05, 0) is 34.5 Å². The molecule has 2 nitrogen and oxygen atoms in total. The minimum absolute atomic E-state index is 0.766. The largest absolute Gasteiger partial charge is 0.154 e. The molecule has 3 heteroatoms. The first kappa shape index (κ1) is 9.34. The fourth-order valence-corrected chi connectivity index (χ4v) is 1.65. The van der Waals surface area contributed by atoms with Crippen molar-refractivity contribution in [1.29, 1.82) is 0 Å². The molecule has 0 atom stereocenters. The molecule has 0 bridgehead atoms. The second kappa shape index (κ2) is 3.88. The molecule has 0 aliphatic carbocycles. The van der Waals surface area contributed by atoms with Gasteiger partial charge in [0.15, 0.2) is 0 Å². The molecule has 14 heavy (non-hydrogen) atoms. The van der Waals surface area contributed by atoms with Crippen LogP contribution < -0.4 is 0 Å². The lowest BCUT2D eigenvalue weighted by molar-refractivity contribution is 0.962. The maximum Gasteiger partial charge on any atom is 0.129 e. The number of halogens is 1. The van der Waals surface area contributed by atoms with E-state index < -0.39 is 0 Å². The van der Waals surface area contributed by atoms with Crippen LogP contribution in [0, 0.1) is 6.92 Å². The van der Waals surface area contributed by atoms with E-state index in [0.717, 1.165) is 15.9 Å². The third-order valence-corrected chi connectivity index (χ3v) is 2.42. The van der Waals surface area contributed by atoms with E-state index in [1.807, 2.05) is 31.2 Å². The van der Waals surface area contributed by atoms with E-state index in [4.69, 9.17) is 0 Å². The van der Waals surface area contributed by atoms with Gasteiger partial charge in [0.1, 0.15) is 4.60 Å². The summed E-state index contributed by atoms with van der Waals surface area (Å²) in [7, 11) is 0. The van der Waals surface area contributed by atoms with Crippen molar-refractivity contribution in [2.75, 3.05) is 0 Å². The molecule has 1 heterocycles. The molecule has 2 rings (SSSR count). The summed E-state index contributed by atoms with van der Waals surface area (Å²) in [5, 5.41) is 7.99. The highest BCUT2D eigenvalue weighted by Crippen LogP contribution is 2.23. The Hall–Kier alpha value is -1.22. The first-order valence-corrected chi connectivity index (χ1v) is 5.12. The van der Waals surface area contributed by atoms with Gasteiger partial charge in [0.25, 0.3) is 0 Å². The molecule has 0 saturated heterocycles. The minimum atomic E-state index is 0.766. The first-order chi connectivity index (χ1) is 6.77. The van der Waals surface area contributed by atoms with Crippen LogP contribution in [0.3, 0.4) is 0 Å². The highest BCUT2D eigenvalue weighted by atomic mass is 79.9. The van der Waals surface area contributed by atoms with Crippen molar-refractivity contribution >= 4 is 15.9 Å². The van der Waals surface area contributed by atoms with Crippen LogP contribution in [0.1, 0.15) is 5.69 Å². The Morgan fingerprint density at radius 2 is 1.79 bits per heavy atom. The van der Waals surface area contributed by atoms with E-state index in [9.17, 15) is 0 Å². The Kier molecular flexibility index (Phi) is 2.59. The summed E-state index contributed by atoms with van der Waals surface area (Å²) in [5.41, 5.74) is 3.23. The van der Waals surface area contributed by atoms with Gasteiger partial charge in [-0.25, -0.2) is 0 Å². The lowest BCUT2D eigenvalue weighted by Gasteiger charge is -2.03. The van der Waals surface area contributed by atoms with Gasteiger partial charge in [-0.15, -0.1) is 5.10 Å². The molecule has 1 aromatic heterocycles. The molecule has 0 spiro atoms. The van der Waals surface area contributed by atoms with Crippen molar-refractivity contribution in [2.24, 2.45) is 0 Å². The van der Waals surface area contributed by atoms with Crippen LogP contribution >= 0.6 is 15.9 Å². The van der Waals surface area contributed by atoms with Crippen molar-refractivity contribution < 1.29 is 0 Å². The molecule has 0 N–H and O–H groups in total. The van der Waals surface area contributed by atoms with Gasteiger partial charge in [0.2, 0.25) is 0 Å². The Morgan fingerprint density at radius 1 is 1.07 bits per heavy atom. The van der Waals surface area contributed by atoms with Gasteiger partial charge < -0.3 is 0 Å². The summed E-state index contributed by atoms with van der Waals surface area (Å²) >= 11 is 3.32. The highest BCUT2D eigenvalue weighted by molar-refractivity contribution is 9.10. The van der Waals surface area contributed by atoms with Crippen LogP contribution in [-0.2, 0) is 0 Å². The van der Waals surface area contributed by atoms with Crippen molar-refractivity contribution in [1.82, 2.24) is 10.2 Å². The first-order valence-electron chi connectivity index (χ1n) is 4.32. The summed E-state index contributed by atoms with van der Waals surface area (Å²) in [5.74, 6) is 0. The van der Waals surface area contributed by atoms with Gasteiger partial charge in [0.05, 0.1) is 5.69 Å². The summed E-state index contributed by atoms with van der Waals surface area (Å²) in [6.07, 6.45) is 0. The average molecular weight is 249 g/mol. The quantitative estimate of drug-likeness (QED) is 0.775. The van der Waals surface area contributed by atoms with Crippen LogP contribution in [-0.4, -0.2) is 10.2 Å². The molecule has 0 unspecified atom stereocenters. The molecule has 0 radical (unpaired) electrons. The Balaban J connectivity index is 2.57. The van der Waals surface area contributed by atoms with Gasteiger partial charge in [-0.2, -0.15) is 5.10 Å². The number of nitrogens with zero attached hydrogens (tertiary/aromatic N) is 2. The van der Waals surface area contributed by atoms with E-state index in [-0.39, 0.29) is 0 Å². The van der Waals surface area contributed by atoms with Crippen LogP contribution in [0.15, 0.2) is 41.0 Å². The van der Waals surface area contributed by atoms with E-state index in [1.165, 1.54) is 5.56 Å². The number of hydrogen-bond donors (Lipinski definition) is 0. The molecule has 70 valence electrons. The number of hydrogen-bond acceptors (Lipinski definition) is 2. The fraction of sp³-hybridized carbons (Fsp3) is 0.0909. The van der Waals surface area contributed by atoms with E-state index in [1.54, 1.807) is 0 Å². The number of aryl methyl sites for hydroxylation is 1. The number of rotatable bonds is 1. The monoisotopic (exact) mass is 248 g/mol. The van der Waals surface area contributed by atoms with Crippen molar-refractivity contribution in [3.63, 3.8) is 0 Å². The van der Waals surface area contributed by atoms with Crippen LogP contribution in [0.2, 0.25) is 0 Å². The summed E-state index contributed by atoms with van der Waals surface area (Å²) in [4.78, 5) is 0. The average Bonchev–Trinajstić information content (AvgIpc) is 2.23. The second-order valence-corrected chi connectivity index (χ2v) is 3.84. The standard InChI is InChI=1S/C11H9BrN2/c1-8-10(7-11(12)14-13-8)9-5-3-2-4-6-9/h2-7H,1H3. The SMILES string of the molecule is Cc1nnc(Br)cc1-c1ccccc1. The zero-order chi connectivity index (χ0) is 9.97. The summed E-state index contributed by atoms with van der Waals surface area (Å²) in [6, 6.07) is 12.2. The molecular weight excluding hydrogens is 240 g/mol. The van der Waals surface area contributed by atoms with Crippen molar-refractivity contribution in [2.45, 2.75) is 6.92 Å². The molecule has 0 amide bonds. The van der Waals surface area contributed by atoms with Crippen LogP contribution in [0.25, 0.3) is 11.1 Å². The van der Waals surface area contributed by atoms with Crippen LogP contribution in [0.5, 0.6) is 0 Å². The predicted octanol–water partition coefficient (Wildman–Crippen LogP) is 3.21. The molecule has 0 fully saturated rings. The molecule has 0 saturated carbocycles. The zero-order valence-electron chi connectivity index (χ0n) is 7.74. The minimum Gasteiger partial charge on any atom is -0.154 e.